The van der Waals surface area contributed by atoms with Gasteiger partial charge in [0.15, 0.2) is 0 Å². The molecule has 2 saturated carbocycles. The maximum Gasteiger partial charge on any atom is 0.0349 e. The average molecular weight is 258 g/mol. The van der Waals surface area contributed by atoms with Crippen LogP contribution in [0.25, 0.3) is 0 Å². The van der Waals surface area contributed by atoms with Gasteiger partial charge in [0.25, 0.3) is 0 Å². The second-order valence-electron chi connectivity index (χ2n) is 6.58. The first-order valence-electron chi connectivity index (χ1n) is 7.67. The SMILES string of the molecule is CN(C)C1(CNC(c2ccccc2)C2CC2)CCC1. The Bertz CT molecular complexity index is 405. The molecule has 1 unspecified atom stereocenters. The highest BCUT2D eigenvalue weighted by Crippen LogP contribution is 2.42. The van der Waals surface area contributed by atoms with E-state index in [2.05, 4.69) is 54.6 Å². The van der Waals surface area contributed by atoms with E-state index in [1.54, 1.807) is 0 Å². The summed E-state index contributed by atoms with van der Waals surface area (Å²) in [7, 11) is 4.46. The van der Waals surface area contributed by atoms with E-state index in [-0.39, 0.29) is 0 Å². The van der Waals surface area contributed by atoms with Crippen LogP contribution in [-0.2, 0) is 0 Å². The quantitative estimate of drug-likeness (QED) is 0.843. The van der Waals surface area contributed by atoms with Gasteiger partial charge in [-0.2, -0.15) is 0 Å². The van der Waals surface area contributed by atoms with Crippen molar-refractivity contribution < 1.29 is 0 Å². The highest BCUT2D eigenvalue weighted by Gasteiger charge is 2.40. The lowest BCUT2D eigenvalue weighted by Gasteiger charge is -2.48. The standard InChI is InChI=1S/C17H26N2/c1-19(2)17(11-6-12-17)13-18-16(15-9-10-15)14-7-4-3-5-8-14/h3-5,7-8,15-16,18H,6,9-13H2,1-2H3. The summed E-state index contributed by atoms with van der Waals surface area (Å²) in [6.07, 6.45) is 6.86. The molecule has 1 N–H and O–H groups in total. The molecule has 0 aromatic heterocycles. The Morgan fingerprint density at radius 3 is 2.37 bits per heavy atom. The lowest BCUT2D eigenvalue weighted by molar-refractivity contribution is 0.0562. The van der Waals surface area contributed by atoms with Gasteiger partial charge in [-0.05, 0) is 57.7 Å². The molecule has 0 aliphatic heterocycles. The number of hydrogen-bond acceptors (Lipinski definition) is 2. The molecule has 0 radical (unpaired) electrons. The van der Waals surface area contributed by atoms with Crippen molar-refractivity contribution in [2.75, 3.05) is 20.6 Å². The predicted molar refractivity (Wildman–Crippen MR) is 80.2 cm³/mol. The van der Waals surface area contributed by atoms with Crippen LogP contribution in [0.3, 0.4) is 0 Å². The number of likely N-dealkylation sites (N-methyl/N-ethyl adjacent to an activating group) is 1. The fourth-order valence-electron chi connectivity index (χ4n) is 3.31. The van der Waals surface area contributed by atoms with Gasteiger partial charge in [-0.25, -0.2) is 0 Å². The summed E-state index contributed by atoms with van der Waals surface area (Å²) in [5.41, 5.74) is 1.89. The second kappa shape index (κ2) is 5.26. The van der Waals surface area contributed by atoms with Gasteiger partial charge in [0.2, 0.25) is 0 Å². The van der Waals surface area contributed by atoms with E-state index in [1.165, 1.54) is 37.7 Å². The molecule has 1 aromatic rings. The summed E-state index contributed by atoms with van der Waals surface area (Å²) in [5.74, 6) is 0.863. The third-order valence-electron chi connectivity index (χ3n) is 5.14. The van der Waals surface area contributed by atoms with Gasteiger partial charge in [0.1, 0.15) is 0 Å². The lowest BCUT2D eigenvalue weighted by atomic mass is 9.75. The van der Waals surface area contributed by atoms with E-state index in [0.717, 1.165) is 12.5 Å². The van der Waals surface area contributed by atoms with E-state index >= 15 is 0 Å². The van der Waals surface area contributed by atoms with Crippen molar-refractivity contribution in [3.63, 3.8) is 0 Å². The Labute approximate surface area is 117 Å². The topological polar surface area (TPSA) is 15.3 Å². The van der Waals surface area contributed by atoms with Crippen molar-refractivity contribution in [1.82, 2.24) is 10.2 Å². The van der Waals surface area contributed by atoms with E-state index < -0.39 is 0 Å². The zero-order chi connectivity index (χ0) is 13.3. The second-order valence-corrected chi connectivity index (χ2v) is 6.58. The van der Waals surface area contributed by atoms with E-state index in [1.807, 2.05) is 0 Å². The number of rotatable bonds is 6. The molecule has 0 amide bonds. The fraction of sp³-hybridized carbons (Fsp3) is 0.647. The van der Waals surface area contributed by atoms with Crippen molar-refractivity contribution in [1.29, 1.82) is 0 Å². The van der Waals surface area contributed by atoms with Crippen LogP contribution in [-0.4, -0.2) is 31.1 Å². The van der Waals surface area contributed by atoms with Gasteiger partial charge in [-0.15, -0.1) is 0 Å². The van der Waals surface area contributed by atoms with E-state index in [0.29, 0.717) is 11.6 Å². The molecule has 2 aliphatic carbocycles. The first kappa shape index (κ1) is 13.1. The van der Waals surface area contributed by atoms with Crippen LogP contribution < -0.4 is 5.32 Å². The number of nitrogens with zero attached hydrogens (tertiary/aromatic N) is 1. The van der Waals surface area contributed by atoms with Gasteiger partial charge < -0.3 is 10.2 Å². The van der Waals surface area contributed by atoms with Crippen molar-refractivity contribution in [3.05, 3.63) is 35.9 Å². The van der Waals surface area contributed by atoms with E-state index in [9.17, 15) is 0 Å². The third kappa shape index (κ3) is 2.70. The molecular formula is C17H26N2. The van der Waals surface area contributed by atoms with Crippen LogP contribution in [0.15, 0.2) is 30.3 Å². The summed E-state index contributed by atoms with van der Waals surface area (Å²) in [6, 6.07) is 11.6. The third-order valence-corrected chi connectivity index (χ3v) is 5.14. The van der Waals surface area contributed by atoms with Crippen LogP contribution in [0.2, 0.25) is 0 Å². The van der Waals surface area contributed by atoms with Gasteiger partial charge in [0, 0.05) is 18.1 Å². The maximum absolute atomic E-state index is 3.88. The largest absolute Gasteiger partial charge is 0.308 e. The molecule has 0 saturated heterocycles. The predicted octanol–water partition coefficient (Wildman–Crippen LogP) is 3.21. The monoisotopic (exact) mass is 258 g/mol. The van der Waals surface area contributed by atoms with Gasteiger partial charge in [0.05, 0.1) is 0 Å². The van der Waals surface area contributed by atoms with Crippen LogP contribution in [0, 0.1) is 5.92 Å². The van der Waals surface area contributed by atoms with Gasteiger partial charge >= 0.3 is 0 Å². The van der Waals surface area contributed by atoms with Gasteiger partial charge in [-0.1, -0.05) is 30.3 Å². The Hall–Kier alpha value is -0.860. The Balaban J connectivity index is 1.66. The minimum Gasteiger partial charge on any atom is -0.308 e. The van der Waals surface area contributed by atoms with Crippen molar-refractivity contribution in [2.24, 2.45) is 5.92 Å². The van der Waals surface area contributed by atoms with Crippen LogP contribution >= 0.6 is 0 Å². The normalized spacial score (nSPS) is 23.1. The van der Waals surface area contributed by atoms with Gasteiger partial charge in [-0.3, -0.25) is 0 Å². The summed E-state index contributed by atoms with van der Waals surface area (Å²) >= 11 is 0. The summed E-state index contributed by atoms with van der Waals surface area (Å²) < 4.78 is 0. The molecule has 19 heavy (non-hydrogen) atoms. The molecular weight excluding hydrogens is 232 g/mol. The molecule has 0 heterocycles. The number of hydrogen-bond donors (Lipinski definition) is 1. The van der Waals surface area contributed by atoms with Crippen molar-refractivity contribution >= 4 is 0 Å². The molecule has 0 spiro atoms. The summed E-state index contributed by atoms with van der Waals surface area (Å²) in [6.45, 7) is 1.13. The summed E-state index contributed by atoms with van der Waals surface area (Å²) in [4.78, 5) is 2.43. The fourth-order valence-corrected chi connectivity index (χ4v) is 3.31. The minimum atomic E-state index is 0.419. The first-order valence-corrected chi connectivity index (χ1v) is 7.67. The van der Waals surface area contributed by atoms with E-state index in [4.69, 9.17) is 0 Å². The molecule has 0 bridgehead atoms. The number of benzene rings is 1. The zero-order valence-electron chi connectivity index (χ0n) is 12.2. The highest BCUT2D eigenvalue weighted by molar-refractivity contribution is 5.21. The van der Waals surface area contributed by atoms with Crippen LogP contribution in [0.4, 0.5) is 0 Å². The van der Waals surface area contributed by atoms with Crippen molar-refractivity contribution in [3.8, 4) is 0 Å². The molecule has 1 aromatic carbocycles. The molecule has 2 nitrogen and oxygen atoms in total. The smallest absolute Gasteiger partial charge is 0.0349 e. The molecule has 1 atom stereocenters. The molecule has 2 aliphatic rings. The minimum absolute atomic E-state index is 0.419. The average Bonchev–Trinajstić information content (AvgIpc) is 3.17. The molecule has 2 heteroatoms. The Kier molecular flexibility index (Phi) is 3.64. The highest BCUT2D eigenvalue weighted by atomic mass is 15.2. The zero-order valence-corrected chi connectivity index (χ0v) is 12.2. The maximum atomic E-state index is 3.88. The van der Waals surface area contributed by atoms with Crippen LogP contribution in [0.5, 0.6) is 0 Å². The van der Waals surface area contributed by atoms with Crippen molar-refractivity contribution in [2.45, 2.75) is 43.7 Å². The molecule has 3 rings (SSSR count). The summed E-state index contributed by atoms with van der Waals surface area (Å²) in [5, 5.41) is 3.88. The molecule has 104 valence electrons. The number of nitrogens with one attached hydrogen (secondary N) is 1. The lowest BCUT2D eigenvalue weighted by Crippen LogP contribution is -2.56. The van der Waals surface area contributed by atoms with Crippen LogP contribution in [0.1, 0.15) is 43.7 Å². The first-order chi connectivity index (χ1) is 9.21. The Morgan fingerprint density at radius 2 is 1.89 bits per heavy atom. The molecule has 2 fully saturated rings. The Morgan fingerprint density at radius 1 is 1.21 bits per heavy atom.